The Bertz CT molecular complexity index is 753. The second kappa shape index (κ2) is 8.81. The molecular formula is C19H23ClFN3O. The highest BCUT2D eigenvalue weighted by atomic mass is 35.5. The number of benzene rings is 1. The number of nitrogens with one attached hydrogen (secondary N) is 1. The van der Waals surface area contributed by atoms with Crippen LogP contribution in [-0.4, -0.2) is 15.7 Å². The molecule has 0 saturated heterocycles. The van der Waals surface area contributed by atoms with Crippen molar-refractivity contribution < 1.29 is 9.18 Å². The molecule has 1 aromatic carbocycles. The van der Waals surface area contributed by atoms with Crippen molar-refractivity contribution >= 4 is 23.6 Å². The number of hydrogen-bond acceptors (Lipinski definition) is 2. The molecule has 0 fully saturated rings. The van der Waals surface area contributed by atoms with Gasteiger partial charge in [-0.1, -0.05) is 37.1 Å². The second-order valence-electron chi connectivity index (χ2n) is 5.98. The minimum Gasteiger partial charge on any atom is -0.346 e. The van der Waals surface area contributed by atoms with Gasteiger partial charge in [-0.15, -0.1) is 0 Å². The average Bonchev–Trinajstić information content (AvgIpc) is 2.85. The van der Waals surface area contributed by atoms with Crippen molar-refractivity contribution in [3.05, 3.63) is 58.1 Å². The van der Waals surface area contributed by atoms with Crippen LogP contribution < -0.4 is 5.32 Å². The Morgan fingerprint density at radius 2 is 2.08 bits per heavy atom. The van der Waals surface area contributed by atoms with Crippen LogP contribution in [0.15, 0.2) is 30.3 Å². The van der Waals surface area contributed by atoms with Gasteiger partial charge in [0, 0.05) is 18.2 Å². The van der Waals surface area contributed by atoms with E-state index in [4.69, 9.17) is 11.6 Å². The molecule has 0 aliphatic heterocycles. The molecule has 4 nitrogen and oxygen atoms in total. The molecule has 0 spiro atoms. The number of aromatic nitrogens is 2. The number of amides is 1. The van der Waals surface area contributed by atoms with Crippen LogP contribution in [-0.2, 0) is 11.3 Å². The highest BCUT2D eigenvalue weighted by molar-refractivity contribution is 6.31. The van der Waals surface area contributed by atoms with Gasteiger partial charge in [0.25, 0.3) is 0 Å². The van der Waals surface area contributed by atoms with Crippen molar-refractivity contribution in [2.24, 2.45) is 0 Å². The lowest BCUT2D eigenvalue weighted by molar-refractivity contribution is -0.117. The van der Waals surface area contributed by atoms with Crippen molar-refractivity contribution in [1.82, 2.24) is 15.1 Å². The number of aryl methyl sites for hydroxylation is 2. The summed E-state index contributed by atoms with van der Waals surface area (Å²) in [6.07, 6.45) is 5.18. The third-order valence-electron chi connectivity index (χ3n) is 3.96. The molecule has 0 aliphatic carbocycles. The van der Waals surface area contributed by atoms with E-state index in [-0.39, 0.29) is 17.8 Å². The van der Waals surface area contributed by atoms with Crippen LogP contribution in [0, 0.1) is 12.7 Å². The lowest BCUT2D eigenvalue weighted by Crippen LogP contribution is -2.24. The summed E-state index contributed by atoms with van der Waals surface area (Å²) in [7, 11) is 0. The standard InChI is InChI=1S/C19H23ClFN3O/c1-4-5-12-24-19(20)17(14(3)23-24)10-11-18(25)22-13(2)15-6-8-16(21)9-7-15/h6-11,13H,4-5,12H2,1-3H3,(H,22,25)/b11-10+. The number of rotatable bonds is 7. The molecule has 2 rings (SSSR count). The van der Waals surface area contributed by atoms with Gasteiger partial charge in [0.15, 0.2) is 0 Å². The number of hydrogen-bond donors (Lipinski definition) is 1. The number of halogens is 2. The molecule has 1 aromatic heterocycles. The van der Waals surface area contributed by atoms with E-state index >= 15 is 0 Å². The van der Waals surface area contributed by atoms with E-state index < -0.39 is 0 Å². The summed E-state index contributed by atoms with van der Waals surface area (Å²) in [5.74, 6) is -0.541. The SMILES string of the molecule is CCCCn1nc(C)c(/C=C/C(=O)NC(C)c2ccc(F)cc2)c1Cl. The average molecular weight is 364 g/mol. The monoisotopic (exact) mass is 363 g/mol. The van der Waals surface area contributed by atoms with Gasteiger partial charge in [-0.2, -0.15) is 5.10 Å². The maximum Gasteiger partial charge on any atom is 0.244 e. The van der Waals surface area contributed by atoms with Crippen molar-refractivity contribution in [3.63, 3.8) is 0 Å². The Balaban J connectivity index is 2.02. The molecule has 1 N–H and O–H groups in total. The van der Waals surface area contributed by atoms with Crippen LogP contribution in [0.3, 0.4) is 0 Å². The fourth-order valence-electron chi connectivity index (χ4n) is 2.47. The zero-order chi connectivity index (χ0) is 18.4. The molecule has 1 amide bonds. The first-order valence-corrected chi connectivity index (χ1v) is 8.77. The largest absolute Gasteiger partial charge is 0.346 e. The Morgan fingerprint density at radius 1 is 1.40 bits per heavy atom. The van der Waals surface area contributed by atoms with Crippen LogP contribution in [0.5, 0.6) is 0 Å². The van der Waals surface area contributed by atoms with Crippen LogP contribution >= 0.6 is 11.6 Å². The molecule has 0 radical (unpaired) electrons. The highest BCUT2D eigenvalue weighted by Crippen LogP contribution is 2.22. The summed E-state index contributed by atoms with van der Waals surface area (Å²) in [4.78, 5) is 12.1. The second-order valence-corrected chi connectivity index (χ2v) is 6.34. The number of nitrogens with zero attached hydrogens (tertiary/aromatic N) is 2. The van der Waals surface area contributed by atoms with Gasteiger partial charge in [0.05, 0.1) is 11.7 Å². The van der Waals surface area contributed by atoms with Crippen molar-refractivity contribution in [2.75, 3.05) is 0 Å². The van der Waals surface area contributed by atoms with E-state index in [9.17, 15) is 9.18 Å². The maximum absolute atomic E-state index is 13.0. The molecule has 0 aliphatic rings. The molecule has 134 valence electrons. The number of carbonyl (C=O) groups excluding carboxylic acids is 1. The van der Waals surface area contributed by atoms with Gasteiger partial charge >= 0.3 is 0 Å². The normalized spacial score (nSPS) is 12.5. The quantitative estimate of drug-likeness (QED) is 0.726. The molecule has 0 bridgehead atoms. The minimum atomic E-state index is -0.299. The van der Waals surface area contributed by atoms with E-state index in [1.165, 1.54) is 18.2 Å². The van der Waals surface area contributed by atoms with E-state index in [1.54, 1.807) is 22.9 Å². The van der Waals surface area contributed by atoms with Crippen LogP contribution in [0.1, 0.15) is 49.6 Å². The maximum atomic E-state index is 13.0. The molecule has 2 aromatic rings. The van der Waals surface area contributed by atoms with Gasteiger partial charge in [0.2, 0.25) is 5.91 Å². The first-order valence-electron chi connectivity index (χ1n) is 8.39. The van der Waals surface area contributed by atoms with E-state index in [2.05, 4.69) is 17.3 Å². The lowest BCUT2D eigenvalue weighted by atomic mass is 10.1. The Morgan fingerprint density at radius 3 is 2.72 bits per heavy atom. The minimum absolute atomic E-state index is 0.221. The topological polar surface area (TPSA) is 46.9 Å². The smallest absolute Gasteiger partial charge is 0.244 e. The van der Waals surface area contributed by atoms with Gasteiger partial charge in [-0.25, -0.2) is 4.39 Å². The Labute approximate surface area is 152 Å². The first-order chi connectivity index (χ1) is 11.9. The summed E-state index contributed by atoms with van der Waals surface area (Å²) in [6.45, 7) is 6.59. The Hall–Kier alpha value is -2.14. The fourth-order valence-corrected chi connectivity index (χ4v) is 2.79. The van der Waals surface area contributed by atoms with Crippen LogP contribution in [0.2, 0.25) is 5.15 Å². The van der Waals surface area contributed by atoms with E-state index in [0.29, 0.717) is 5.15 Å². The molecule has 25 heavy (non-hydrogen) atoms. The molecule has 6 heteroatoms. The van der Waals surface area contributed by atoms with Gasteiger partial charge in [-0.05, 0) is 44.0 Å². The van der Waals surface area contributed by atoms with Gasteiger partial charge in [0.1, 0.15) is 11.0 Å². The first kappa shape index (κ1) is 19.2. The summed E-state index contributed by atoms with van der Waals surface area (Å²) >= 11 is 6.35. The van der Waals surface area contributed by atoms with Crippen LogP contribution in [0.4, 0.5) is 4.39 Å². The number of unbranched alkanes of at least 4 members (excludes halogenated alkanes) is 1. The zero-order valence-corrected chi connectivity index (χ0v) is 15.5. The third kappa shape index (κ3) is 5.16. The fraction of sp³-hybridized carbons (Fsp3) is 0.368. The summed E-state index contributed by atoms with van der Waals surface area (Å²) in [6, 6.07) is 5.84. The van der Waals surface area contributed by atoms with Gasteiger partial charge in [-0.3, -0.25) is 9.48 Å². The van der Waals surface area contributed by atoms with Gasteiger partial charge < -0.3 is 5.32 Å². The predicted molar refractivity (Wildman–Crippen MR) is 98.9 cm³/mol. The van der Waals surface area contributed by atoms with Crippen LogP contribution in [0.25, 0.3) is 6.08 Å². The third-order valence-corrected chi connectivity index (χ3v) is 4.36. The summed E-state index contributed by atoms with van der Waals surface area (Å²) in [5, 5.41) is 7.80. The predicted octanol–water partition coefficient (Wildman–Crippen LogP) is 4.67. The van der Waals surface area contributed by atoms with Crippen molar-refractivity contribution in [2.45, 2.75) is 46.2 Å². The highest BCUT2D eigenvalue weighted by Gasteiger charge is 2.12. The molecular weight excluding hydrogens is 341 g/mol. The molecule has 1 atom stereocenters. The van der Waals surface area contributed by atoms with E-state index in [0.717, 1.165) is 36.2 Å². The zero-order valence-electron chi connectivity index (χ0n) is 14.7. The summed E-state index contributed by atoms with van der Waals surface area (Å²) < 4.78 is 14.7. The molecule has 1 unspecified atom stereocenters. The molecule has 1 heterocycles. The summed E-state index contributed by atoms with van der Waals surface area (Å²) in [5.41, 5.74) is 2.38. The number of carbonyl (C=O) groups is 1. The lowest BCUT2D eigenvalue weighted by Gasteiger charge is -2.12. The van der Waals surface area contributed by atoms with Crippen molar-refractivity contribution in [3.8, 4) is 0 Å². The van der Waals surface area contributed by atoms with E-state index in [1.807, 2.05) is 13.8 Å². The van der Waals surface area contributed by atoms with Crippen molar-refractivity contribution in [1.29, 1.82) is 0 Å². The Kier molecular flexibility index (Phi) is 6.76. The molecule has 0 saturated carbocycles.